The van der Waals surface area contributed by atoms with Gasteiger partial charge in [-0.3, -0.25) is 0 Å². The maximum absolute atomic E-state index is 10.4. The molecule has 0 aliphatic heterocycles. The van der Waals surface area contributed by atoms with Gasteiger partial charge in [0, 0.05) is 5.56 Å². The Morgan fingerprint density at radius 2 is 1.56 bits per heavy atom. The van der Waals surface area contributed by atoms with Crippen molar-refractivity contribution in [3.8, 4) is 0 Å². The number of rotatable bonds is 4. The van der Waals surface area contributed by atoms with Crippen molar-refractivity contribution in [2.45, 2.75) is 6.10 Å². The number of aliphatic hydroxyl groups is 1. The maximum atomic E-state index is 10.4. The fourth-order valence-electron chi connectivity index (χ4n) is 1.76. The van der Waals surface area contributed by atoms with Crippen molar-refractivity contribution >= 4 is 5.71 Å². The Balaban J connectivity index is 2.35. The molecule has 92 valence electrons. The molecule has 18 heavy (non-hydrogen) atoms. The van der Waals surface area contributed by atoms with Gasteiger partial charge in [0.25, 0.3) is 0 Å². The van der Waals surface area contributed by atoms with Gasteiger partial charge in [0.1, 0.15) is 18.9 Å². The smallest absolute Gasteiger partial charge is 0.125 e. The molecule has 1 unspecified atom stereocenters. The first-order chi connectivity index (χ1) is 8.83. The predicted octanol–water partition coefficient (Wildman–Crippen LogP) is 2.77. The summed E-state index contributed by atoms with van der Waals surface area (Å²) >= 11 is 0. The highest BCUT2D eigenvalue weighted by Crippen LogP contribution is 2.19. The van der Waals surface area contributed by atoms with Crippen LogP contribution < -0.4 is 0 Å². The molecular formula is C15H15NO2. The highest BCUT2D eigenvalue weighted by molar-refractivity contribution is 6.03. The quantitative estimate of drug-likeness (QED) is 0.660. The zero-order chi connectivity index (χ0) is 12.8. The standard InChI is InChI=1S/C15H15NO2/c1-18-16-14(12-8-4-2-5-9-12)15(17)13-10-6-3-7-11-13/h2-11,15,17H,1H3/b16-14+. The van der Waals surface area contributed by atoms with Gasteiger partial charge < -0.3 is 9.94 Å². The van der Waals surface area contributed by atoms with Crippen molar-refractivity contribution in [1.82, 2.24) is 0 Å². The van der Waals surface area contributed by atoms with Gasteiger partial charge in [-0.15, -0.1) is 0 Å². The molecule has 0 amide bonds. The summed E-state index contributed by atoms with van der Waals surface area (Å²) in [4.78, 5) is 4.83. The van der Waals surface area contributed by atoms with E-state index >= 15 is 0 Å². The second-order valence-corrected chi connectivity index (χ2v) is 3.84. The predicted molar refractivity (Wildman–Crippen MR) is 71.4 cm³/mol. The lowest BCUT2D eigenvalue weighted by Crippen LogP contribution is -2.14. The van der Waals surface area contributed by atoms with E-state index in [0.717, 1.165) is 11.1 Å². The molecule has 1 N–H and O–H groups in total. The molecule has 0 saturated carbocycles. The molecule has 0 bridgehead atoms. The number of benzene rings is 2. The number of aliphatic hydroxyl groups excluding tert-OH is 1. The molecular weight excluding hydrogens is 226 g/mol. The van der Waals surface area contributed by atoms with Gasteiger partial charge >= 0.3 is 0 Å². The SMILES string of the molecule is CO/N=C(\c1ccccc1)C(O)c1ccccc1. The highest BCUT2D eigenvalue weighted by atomic mass is 16.6. The molecule has 3 heteroatoms. The van der Waals surface area contributed by atoms with E-state index in [-0.39, 0.29) is 0 Å². The molecule has 0 aliphatic rings. The van der Waals surface area contributed by atoms with E-state index in [0.29, 0.717) is 5.71 Å². The van der Waals surface area contributed by atoms with Gasteiger partial charge in [-0.2, -0.15) is 0 Å². The van der Waals surface area contributed by atoms with E-state index in [1.54, 1.807) is 0 Å². The molecule has 0 saturated heterocycles. The largest absolute Gasteiger partial charge is 0.399 e. The van der Waals surface area contributed by atoms with Crippen LogP contribution in [-0.4, -0.2) is 17.9 Å². The van der Waals surface area contributed by atoms with Gasteiger partial charge in [-0.25, -0.2) is 0 Å². The molecule has 2 aromatic carbocycles. The number of hydrogen-bond acceptors (Lipinski definition) is 3. The van der Waals surface area contributed by atoms with Crippen molar-refractivity contribution in [1.29, 1.82) is 0 Å². The van der Waals surface area contributed by atoms with Crippen molar-refractivity contribution in [3.05, 3.63) is 71.8 Å². The summed E-state index contributed by atoms with van der Waals surface area (Å²) in [5.41, 5.74) is 2.14. The van der Waals surface area contributed by atoms with E-state index in [2.05, 4.69) is 5.16 Å². The fourth-order valence-corrected chi connectivity index (χ4v) is 1.76. The Labute approximate surface area is 106 Å². The monoisotopic (exact) mass is 241 g/mol. The molecule has 0 aliphatic carbocycles. The lowest BCUT2D eigenvalue weighted by Gasteiger charge is -2.13. The maximum Gasteiger partial charge on any atom is 0.125 e. The average Bonchev–Trinajstić information content (AvgIpc) is 2.46. The minimum Gasteiger partial charge on any atom is -0.399 e. The first-order valence-electron chi connectivity index (χ1n) is 5.72. The van der Waals surface area contributed by atoms with E-state index in [9.17, 15) is 5.11 Å². The topological polar surface area (TPSA) is 41.8 Å². The van der Waals surface area contributed by atoms with Gasteiger partial charge in [0.15, 0.2) is 0 Å². The minimum atomic E-state index is -0.798. The van der Waals surface area contributed by atoms with Crippen LogP contribution in [0, 0.1) is 0 Å². The molecule has 0 aromatic heterocycles. The average molecular weight is 241 g/mol. The summed E-state index contributed by atoms with van der Waals surface area (Å²) < 4.78 is 0. The van der Waals surface area contributed by atoms with Crippen LogP contribution in [0.1, 0.15) is 17.2 Å². The fraction of sp³-hybridized carbons (Fsp3) is 0.133. The van der Waals surface area contributed by atoms with E-state index in [1.165, 1.54) is 7.11 Å². The van der Waals surface area contributed by atoms with Crippen LogP contribution in [0.4, 0.5) is 0 Å². The molecule has 0 spiro atoms. The van der Waals surface area contributed by atoms with Crippen LogP contribution in [0.5, 0.6) is 0 Å². The summed E-state index contributed by atoms with van der Waals surface area (Å²) in [5, 5.41) is 14.3. The van der Waals surface area contributed by atoms with Gasteiger partial charge in [-0.1, -0.05) is 65.8 Å². The third-order valence-corrected chi connectivity index (χ3v) is 2.63. The number of nitrogens with zero attached hydrogens (tertiary/aromatic N) is 1. The molecule has 0 fully saturated rings. The minimum absolute atomic E-state index is 0.504. The highest BCUT2D eigenvalue weighted by Gasteiger charge is 2.17. The second kappa shape index (κ2) is 5.98. The molecule has 1 atom stereocenters. The lowest BCUT2D eigenvalue weighted by atomic mass is 9.99. The Morgan fingerprint density at radius 1 is 1.00 bits per heavy atom. The third-order valence-electron chi connectivity index (χ3n) is 2.63. The van der Waals surface area contributed by atoms with Gasteiger partial charge in [0.2, 0.25) is 0 Å². The second-order valence-electron chi connectivity index (χ2n) is 3.84. The van der Waals surface area contributed by atoms with E-state index in [4.69, 9.17) is 4.84 Å². The van der Waals surface area contributed by atoms with Crippen molar-refractivity contribution < 1.29 is 9.94 Å². The normalized spacial score (nSPS) is 13.1. The third kappa shape index (κ3) is 2.76. The van der Waals surface area contributed by atoms with Crippen LogP contribution in [-0.2, 0) is 4.84 Å². The van der Waals surface area contributed by atoms with Crippen molar-refractivity contribution in [2.24, 2.45) is 5.16 Å². The van der Waals surface area contributed by atoms with Crippen molar-refractivity contribution in [2.75, 3.05) is 7.11 Å². The van der Waals surface area contributed by atoms with Crippen LogP contribution in [0.3, 0.4) is 0 Å². The summed E-state index contributed by atoms with van der Waals surface area (Å²) in [6.45, 7) is 0. The Kier molecular flexibility index (Phi) is 4.10. The van der Waals surface area contributed by atoms with Crippen molar-refractivity contribution in [3.63, 3.8) is 0 Å². The summed E-state index contributed by atoms with van der Waals surface area (Å²) in [5.74, 6) is 0. The van der Waals surface area contributed by atoms with Crippen LogP contribution in [0.15, 0.2) is 65.8 Å². The first kappa shape index (κ1) is 12.3. The Bertz CT molecular complexity index is 509. The van der Waals surface area contributed by atoms with Crippen LogP contribution in [0.25, 0.3) is 0 Å². The summed E-state index contributed by atoms with van der Waals surface area (Å²) in [7, 11) is 1.47. The number of oxime groups is 1. The molecule has 2 rings (SSSR count). The summed E-state index contributed by atoms with van der Waals surface area (Å²) in [6.07, 6.45) is -0.798. The van der Waals surface area contributed by atoms with Crippen LogP contribution >= 0.6 is 0 Å². The zero-order valence-electron chi connectivity index (χ0n) is 10.2. The molecule has 3 nitrogen and oxygen atoms in total. The van der Waals surface area contributed by atoms with Crippen LogP contribution in [0.2, 0.25) is 0 Å². The lowest BCUT2D eigenvalue weighted by molar-refractivity contribution is 0.196. The number of hydrogen-bond donors (Lipinski definition) is 1. The van der Waals surface area contributed by atoms with E-state index in [1.807, 2.05) is 60.7 Å². The van der Waals surface area contributed by atoms with Gasteiger partial charge in [0.05, 0.1) is 0 Å². The molecule has 0 heterocycles. The Morgan fingerprint density at radius 3 is 2.11 bits per heavy atom. The van der Waals surface area contributed by atoms with Gasteiger partial charge in [-0.05, 0) is 5.56 Å². The molecule has 2 aromatic rings. The van der Waals surface area contributed by atoms with E-state index < -0.39 is 6.10 Å². The zero-order valence-corrected chi connectivity index (χ0v) is 10.2. The summed E-state index contributed by atoms with van der Waals surface area (Å²) in [6, 6.07) is 18.9. The first-order valence-corrected chi connectivity index (χ1v) is 5.72. The molecule has 0 radical (unpaired) electrons. The Hall–Kier alpha value is -2.13.